The normalized spacial score (nSPS) is 10.6. The highest BCUT2D eigenvalue weighted by Crippen LogP contribution is 2.18. The summed E-state index contributed by atoms with van der Waals surface area (Å²) in [4.78, 5) is 4.54. The summed E-state index contributed by atoms with van der Waals surface area (Å²) in [5.41, 5.74) is 3.54. The number of hydrogen-bond donors (Lipinski definition) is 0. The SMILES string of the molecule is CCn1cc(-c2ccc(C)cc2)nc1C. The van der Waals surface area contributed by atoms with Gasteiger partial charge in [0.25, 0.3) is 0 Å². The van der Waals surface area contributed by atoms with E-state index in [2.05, 4.69) is 53.9 Å². The zero-order valence-electron chi connectivity index (χ0n) is 9.49. The number of nitrogens with zero attached hydrogens (tertiary/aromatic N) is 2. The fraction of sp³-hybridized carbons (Fsp3) is 0.308. The largest absolute Gasteiger partial charge is 0.335 e. The van der Waals surface area contributed by atoms with Gasteiger partial charge in [-0.2, -0.15) is 0 Å². The standard InChI is InChI=1S/C13H16N2/c1-4-15-9-13(14-11(15)3)12-7-5-10(2)6-8-12/h5-9H,4H2,1-3H3. The minimum absolute atomic E-state index is 0.977. The Balaban J connectivity index is 2.41. The minimum Gasteiger partial charge on any atom is -0.335 e. The van der Waals surface area contributed by atoms with Crippen LogP contribution < -0.4 is 0 Å². The summed E-state index contributed by atoms with van der Waals surface area (Å²) in [5.74, 6) is 1.08. The molecule has 0 saturated carbocycles. The first-order valence-electron chi connectivity index (χ1n) is 5.31. The van der Waals surface area contributed by atoms with Crippen LogP contribution in [-0.4, -0.2) is 9.55 Å². The molecule has 2 heteroatoms. The zero-order valence-corrected chi connectivity index (χ0v) is 9.49. The third-order valence-electron chi connectivity index (χ3n) is 2.66. The average Bonchev–Trinajstić information content (AvgIpc) is 2.61. The number of hydrogen-bond acceptors (Lipinski definition) is 1. The van der Waals surface area contributed by atoms with E-state index in [1.165, 1.54) is 11.1 Å². The smallest absolute Gasteiger partial charge is 0.106 e. The number of imidazole rings is 1. The maximum atomic E-state index is 4.54. The summed E-state index contributed by atoms with van der Waals surface area (Å²) in [6, 6.07) is 8.49. The average molecular weight is 200 g/mol. The van der Waals surface area contributed by atoms with E-state index in [4.69, 9.17) is 0 Å². The topological polar surface area (TPSA) is 17.8 Å². The van der Waals surface area contributed by atoms with Crippen molar-refractivity contribution in [2.45, 2.75) is 27.3 Å². The molecule has 0 fully saturated rings. The van der Waals surface area contributed by atoms with E-state index in [1.807, 2.05) is 6.92 Å². The summed E-state index contributed by atoms with van der Waals surface area (Å²) in [6.45, 7) is 7.25. The molecule has 0 bridgehead atoms. The Morgan fingerprint density at radius 1 is 1.13 bits per heavy atom. The molecule has 0 saturated heterocycles. The monoisotopic (exact) mass is 200 g/mol. The van der Waals surface area contributed by atoms with Gasteiger partial charge in [0.1, 0.15) is 5.82 Å². The Morgan fingerprint density at radius 3 is 2.33 bits per heavy atom. The lowest BCUT2D eigenvalue weighted by Gasteiger charge is -1.97. The van der Waals surface area contributed by atoms with E-state index in [-0.39, 0.29) is 0 Å². The van der Waals surface area contributed by atoms with Crippen LogP contribution in [0.15, 0.2) is 30.5 Å². The van der Waals surface area contributed by atoms with E-state index in [9.17, 15) is 0 Å². The van der Waals surface area contributed by atoms with Gasteiger partial charge in [-0.05, 0) is 20.8 Å². The molecule has 0 unspecified atom stereocenters. The van der Waals surface area contributed by atoms with Crippen LogP contribution in [-0.2, 0) is 6.54 Å². The Labute approximate surface area is 90.6 Å². The molecule has 0 N–H and O–H groups in total. The molecular weight excluding hydrogens is 184 g/mol. The summed E-state index contributed by atoms with van der Waals surface area (Å²) < 4.78 is 2.16. The Kier molecular flexibility index (Phi) is 2.58. The van der Waals surface area contributed by atoms with Crippen LogP contribution in [0.2, 0.25) is 0 Å². The van der Waals surface area contributed by atoms with Crippen LogP contribution in [0.1, 0.15) is 18.3 Å². The van der Waals surface area contributed by atoms with E-state index in [1.54, 1.807) is 0 Å². The molecule has 1 aromatic carbocycles. The lowest BCUT2D eigenvalue weighted by Crippen LogP contribution is -1.93. The van der Waals surface area contributed by atoms with E-state index in [0.717, 1.165) is 18.1 Å². The van der Waals surface area contributed by atoms with Gasteiger partial charge in [0, 0.05) is 18.3 Å². The van der Waals surface area contributed by atoms with Gasteiger partial charge in [0.05, 0.1) is 5.69 Å². The zero-order chi connectivity index (χ0) is 10.8. The highest BCUT2D eigenvalue weighted by molar-refractivity contribution is 5.58. The van der Waals surface area contributed by atoms with Gasteiger partial charge in [0.2, 0.25) is 0 Å². The fourth-order valence-electron chi connectivity index (χ4n) is 1.69. The maximum absolute atomic E-state index is 4.54. The van der Waals surface area contributed by atoms with Gasteiger partial charge in [0.15, 0.2) is 0 Å². The van der Waals surface area contributed by atoms with E-state index < -0.39 is 0 Å². The van der Waals surface area contributed by atoms with E-state index >= 15 is 0 Å². The number of benzene rings is 1. The molecule has 0 atom stereocenters. The van der Waals surface area contributed by atoms with Crippen molar-refractivity contribution >= 4 is 0 Å². The number of aryl methyl sites for hydroxylation is 3. The van der Waals surface area contributed by atoms with Crippen LogP contribution in [0.4, 0.5) is 0 Å². The second-order valence-corrected chi connectivity index (χ2v) is 3.83. The van der Waals surface area contributed by atoms with Gasteiger partial charge in [-0.1, -0.05) is 29.8 Å². The first-order chi connectivity index (χ1) is 7.20. The molecule has 78 valence electrons. The lowest BCUT2D eigenvalue weighted by molar-refractivity contribution is 0.730. The van der Waals surface area contributed by atoms with Gasteiger partial charge >= 0.3 is 0 Å². The predicted molar refractivity (Wildman–Crippen MR) is 62.8 cm³/mol. The second-order valence-electron chi connectivity index (χ2n) is 3.83. The highest BCUT2D eigenvalue weighted by atomic mass is 15.1. The maximum Gasteiger partial charge on any atom is 0.106 e. The summed E-state index contributed by atoms with van der Waals surface area (Å²) in [6.07, 6.45) is 2.11. The van der Waals surface area contributed by atoms with Crippen LogP contribution in [0, 0.1) is 13.8 Å². The van der Waals surface area contributed by atoms with Crippen molar-refractivity contribution < 1.29 is 0 Å². The molecule has 15 heavy (non-hydrogen) atoms. The summed E-state index contributed by atoms with van der Waals surface area (Å²) in [5, 5.41) is 0. The molecule has 1 heterocycles. The molecule has 0 spiro atoms. The molecule has 0 amide bonds. The van der Waals surface area contributed by atoms with Gasteiger partial charge in [-0.25, -0.2) is 4.98 Å². The molecule has 1 aromatic heterocycles. The van der Waals surface area contributed by atoms with Crippen LogP contribution in [0.3, 0.4) is 0 Å². The van der Waals surface area contributed by atoms with Crippen molar-refractivity contribution in [1.82, 2.24) is 9.55 Å². The molecule has 2 aromatic rings. The van der Waals surface area contributed by atoms with Crippen molar-refractivity contribution in [3.63, 3.8) is 0 Å². The summed E-state index contributed by atoms with van der Waals surface area (Å²) in [7, 11) is 0. The number of aromatic nitrogens is 2. The van der Waals surface area contributed by atoms with Crippen LogP contribution in [0.25, 0.3) is 11.3 Å². The van der Waals surface area contributed by atoms with Crippen LogP contribution in [0.5, 0.6) is 0 Å². The molecule has 0 aliphatic rings. The van der Waals surface area contributed by atoms with E-state index in [0.29, 0.717) is 0 Å². The van der Waals surface area contributed by atoms with Crippen LogP contribution >= 0.6 is 0 Å². The Hall–Kier alpha value is -1.57. The van der Waals surface area contributed by atoms with Gasteiger partial charge in [-0.15, -0.1) is 0 Å². The molecule has 0 aliphatic carbocycles. The molecule has 2 rings (SSSR count). The van der Waals surface area contributed by atoms with Crippen molar-refractivity contribution in [2.75, 3.05) is 0 Å². The third-order valence-corrected chi connectivity index (χ3v) is 2.66. The number of rotatable bonds is 2. The minimum atomic E-state index is 0.977. The lowest BCUT2D eigenvalue weighted by atomic mass is 10.1. The Bertz CT molecular complexity index is 452. The van der Waals surface area contributed by atoms with Crippen molar-refractivity contribution in [3.8, 4) is 11.3 Å². The fourth-order valence-corrected chi connectivity index (χ4v) is 1.69. The molecule has 0 aliphatic heterocycles. The first-order valence-corrected chi connectivity index (χ1v) is 5.31. The van der Waals surface area contributed by atoms with Gasteiger partial charge in [-0.3, -0.25) is 0 Å². The molecule has 2 nitrogen and oxygen atoms in total. The Morgan fingerprint density at radius 2 is 1.80 bits per heavy atom. The van der Waals surface area contributed by atoms with Crippen molar-refractivity contribution in [3.05, 3.63) is 41.9 Å². The molecular formula is C13H16N2. The van der Waals surface area contributed by atoms with Crippen molar-refractivity contribution in [2.24, 2.45) is 0 Å². The van der Waals surface area contributed by atoms with Gasteiger partial charge < -0.3 is 4.57 Å². The first kappa shape index (κ1) is 9.97. The third kappa shape index (κ3) is 1.94. The quantitative estimate of drug-likeness (QED) is 0.728. The predicted octanol–water partition coefficient (Wildman–Crippen LogP) is 3.19. The van der Waals surface area contributed by atoms with Crippen molar-refractivity contribution in [1.29, 1.82) is 0 Å². The highest BCUT2D eigenvalue weighted by Gasteiger charge is 2.04. The second kappa shape index (κ2) is 3.89. The molecule has 0 radical (unpaired) electrons. The summed E-state index contributed by atoms with van der Waals surface area (Å²) >= 11 is 0.